The number of rotatable bonds is 5. The molecule has 0 unspecified atom stereocenters. The summed E-state index contributed by atoms with van der Waals surface area (Å²) >= 11 is 0. The zero-order chi connectivity index (χ0) is 19.5. The smallest absolute Gasteiger partial charge is 0.416 e. The van der Waals surface area contributed by atoms with E-state index < -0.39 is 27.7 Å². The van der Waals surface area contributed by atoms with Crippen molar-refractivity contribution in [2.45, 2.75) is 11.1 Å². The normalized spacial score (nSPS) is 11.7. The molecule has 0 aliphatic rings. The van der Waals surface area contributed by atoms with E-state index in [0.717, 1.165) is 12.1 Å². The molecule has 0 fully saturated rings. The number of anilines is 1. The summed E-state index contributed by atoms with van der Waals surface area (Å²) in [7, 11) is -1.75. The zero-order valence-corrected chi connectivity index (χ0v) is 14.4. The van der Waals surface area contributed by atoms with Crippen LogP contribution in [0, 0.1) is 0 Å². The van der Waals surface area contributed by atoms with Crippen LogP contribution < -0.4 is 9.46 Å². The van der Waals surface area contributed by atoms with Gasteiger partial charge in [-0.15, -0.1) is 0 Å². The number of carbonyl (C=O) groups is 1. The third kappa shape index (κ3) is 4.26. The topological polar surface area (TPSA) is 81.7 Å². The Bertz CT molecular complexity index is 908. The van der Waals surface area contributed by atoms with Crippen molar-refractivity contribution in [2.75, 3.05) is 18.9 Å². The lowest BCUT2D eigenvalue weighted by Crippen LogP contribution is -2.15. The first-order valence-corrected chi connectivity index (χ1v) is 8.53. The summed E-state index contributed by atoms with van der Waals surface area (Å²) < 4.78 is 74.4. The highest BCUT2D eigenvalue weighted by atomic mass is 32.2. The standard InChI is InChI=1S/C16H14F3NO5S/c1-24-14-8-3-10(15(21)25-2)9-13(14)20-26(22,23)12-6-4-11(5-7-12)16(17,18)19/h3-9,20H,1-2H3. The molecule has 0 saturated heterocycles. The molecule has 6 nitrogen and oxygen atoms in total. The zero-order valence-electron chi connectivity index (χ0n) is 13.6. The van der Waals surface area contributed by atoms with E-state index in [2.05, 4.69) is 9.46 Å². The van der Waals surface area contributed by atoms with Gasteiger partial charge < -0.3 is 9.47 Å². The van der Waals surface area contributed by atoms with E-state index in [1.165, 1.54) is 32.4 Å². The van der Waals surface area contributed by atoms with Crippen LogP contribution in [-0.4, -0.2) is 28.6 Å². The fraction of sp³-hybridized carbons (Fsp3) is 0.188. The van der Waals surface area contributed by atoms with Crippen LogP contribution in [-0.2, 0) is 20.9 Å². The van der Waals surface area contributed by atoms with Crippen molar-refractivity contribution in [3.05, 3.63) is 53.6 Å². The number of benzene rings is 2. The Morgan fingerprint density at radius 1 is 1.04 bits per heavy atom. The van der Waals surface area contributed by atoms with Gasteiger partial charge >= 0.3 is 12.1 Å². The van der Waals surface area contributed by atoms with Crippen LogP contribution in [0.1, 0.15) is 15.9 Å². The van der Waals surface area contributed by atoms with Gasteiger partial charge in [-0.05, 0) is 42.5 Å². The number of carbonyl (C=O) groups excluding carboxylic acids is 1. The van der Waals surface area contributed by atoms with Crippen molar-refractivity contribution >= 4 is 21.7 Å². The summed E-state index contributed by atoms with van der Waals surface area (Å²) in [4.78, 5) is 11.2. The molecule has 0 heterocycles. The molecule has 0 radical (unpaired) electrons. The van der Waals surface area contributed by atoms with Crippen LogP contribution in [0.25, 0.3) is 0 Å². The Morgan fingerprint density at radius 2 is 1.65 bits per heavy atom. The SMILES string of the molecule is COC(=O)c1ccc(OC)c(NS(=O)(=O)c2ccc(C(F)(F)F)cc2)c1. The van der Waals surface area contributed by atoms with Crippen molar-refractivity contribution in [2.24, 2.45) is 0 Å². The van der Waals surface area contributed by atoms with Crippen LogP contribution >= 0.6 is 0 Å². The van der Waals surface area contributed by atoms with Gasteiger partial charge in [0.1, 0.15) is 5.75 Å². The minimum Gasteiger partial charge on any atom is -0.495 e. The Kier molecular flexibility index (Phi) is 5.45. The van der Waals surface area contributed by atoms with Gasteiger partial charge in [0.25, 0.3) is 10.0 Å². The van der Waals surface area contributed by atoms with Gasteiger partial charge in [0.15, 0.2) is 0 Å². The van der Waals surface area contributed by atoms with Gasteiger partial charge in [0, 0.05) is 0 Å². The minimum absolute atomic E-state index is 0.0599. The van der Waals surface area contributed by atoms with Crippen molar-refractivity contribution in [1.29, 1.82) is 0 Å². The quantitative estimate of drug-likeness (QED) is 0.794. The van der Waals surface area contributed by atoms with Crippen molar-refractivity contribution in [3.63, 3.8) is 0 Å². The maximum atomic E-state index is 12.6. The lowest BCUT2D eigenvalue weighted by Gasteiger charge is -2.13. The first-order chi connectivity index (χ1) is 12.1. The third-order valence-corrected chi connectivity index (χ3v) is 4.74. The highest BCUT2D eigenvalue weighted by molar-refractivity contribution is 7.92. The van der Waals surface area contributed by atoms with Gasteiger partial charge in [-0.3, -0.25) is 4.72 Å². The summed E-state index contributed by atoms with van der Waals surface area (Å²) in [6, 6.07) is 6.93. The van der Waals surface area contributed by atoms with Gasteiger partial charge in [-0.2, -0.15) is 13.2 Å². The van der Waals surface area contributed by atoms with Gasteiger partial charge in [0.05, 0.1) is 35.9 Å². The molecule has 10 heteroatoms. The van der Waals surface area contributed by atoms with E-state index in [9.17, 15) is 26.4 Å². The van der Waals surface area contributed by atoms with Crippen molar-refractivity contribution < 1.29 is 35.9 Å². The number of sulfonamides is 1. The van der Waals surface area contributed by atoms with Gasteiger partial charge in [0.2, 0.25) is 0 Å². The van der Waals surface area contributed by atoms with Gasteiger partial charge in [-0.1, -0.05) is 0 Å². The van der Waals surface area contributed by atoms with Crippen LogP contribution in [0.2, 0.25) is 0 Å². The Hall–Kier alpha value is -2.75. The fourth-order valence-electron chi connectivity index (χ4n) is 2.06. The summed E-state index contributed by atoms with van der Waals surface area (Å²) in [5.74, 6) is -0.573. The number of esters is 1. The molecular weight excluding hydrogens is 375 g/mol. The average molecular weight is 389 g/mol. The molecule has 0 bridgehead atoms. The molecule has 26 heavy (non-hydrogen) atoms. The molecule has 2 aromatic carbocycles. The van der Waals surface area contributed by atoms with Crippen molar-refractivity contribution in [3.8, 4) is 5.75 Å². The van der Waals surface area contributed by atoms with E-state index >= 15 is 0 Å². The molecular formula is C16H14F3NO5S. The number of alkyl halides is 3. The predicted molar refractivity (Wildman–Crippen MR) is 86.6 cm³/mol. The van der Waals surface area contributed by atoms with Crippen LogP contribution in [0.3, 0.4) is 0 Å². The lowest BCUT2D eigenvalue weighted by atomic mass is 10.2. The number of halogens is 3. The molecule has 1 N–H and O–H groups in total. The lowest BCUT2D eigenvalue weighted by molar-refractivity contribution is -0.137. The van der Waals surface area contributed by atoms with E-state index in [1.54, 1.807) is 0 Å². The third-order valence-electron chi connectivity index (χ3n) is 3.36. The molecule has 140 valence electrons. The average Bonchev–Trinajstić information content (AvgIpc) is 2.60. The monoisotopic (exact) mass is 389 g/mol. The second-order valence-electron chi connectivity index (χ2n) is 5.03. The first-order valence-electron chi connectivity index (χ1n) is 7.05. The number of ether oxygens (including phenoxy) is 2. The van der Waals surface area contributed by atoms with E-state index in [-0.39, 0.29) is 21.9 Å². The molecule has 0 aromatic heterocycles. The molecule has 0 aliphatic heterocycles. The van der Waals surface area contributed by atoms with Crippen LogP contribution in [0.4, 0.5) is 18.9 Å². The van der Waals surface area contributed by atoms with Crippen LogP contribution in [0.15, 0.2) is 47.4 Å². The fourth-order valence-corrected chi connectivity index (χ4v) is 3.12. The van der Waals surface area contributed by atoms with E-state index in [0.29, 0.717) is 12.1 Å². The second-order valence-corrected chi connectivity index (χ2v) is 6.72. The molecule has 0 atom stereocenters. The Balaban J connectivity index is 2.38. The minimum atomic E-state index is -4.58. The largest absolute Gasteiger partial charge is 0.495 e. The van der Waals surface area contributed by atoms with E-state index in [4.69, 9.17) is 4.74 Å². The first kappa shape index (κ1) is 19.6. The summed E-state index contributed by atoms with van der Waals surface area (Å²) in [6.07, 6.45) is -4.58. The molecule has 2 rings (SSSR count). The second kappa shape index (κ2) is 7.24. The number of nitrogens with one attached hydrogen (secondary N) is 1. The molecule has 0 saturated carbocycles. The highest BCUT2D eigenvalue weighted by Crippen LogP contribution is 2.31. The maximum Gasteiger partial charge on any atom is 0.416 e. The van der Waals surface area contributed by atoms with Gasteiger partial charge in [-0.25, -0.2) is 13.2 Å². The summed E-state index contributed by atoms with van der Waals surface area (Å²) in [6.45, 7) is 0. The van der Waals surface area contributed by atoms with E-state index in [1.807, 2.05) is 0 Å². The number of hydrogen-bond donors (Lipinski definition) is 1. The van der Waals surface area contributed by atoms with Crippen LogP contribution in [0.5, 0.6) is 5.75 Å². The maximum absolute atomic E-state index is 12.6. The molecule has 0 aliphatic carbocycles. The van der Waals surface area contributed by atoms with Crippen molar-refractivity contribution in [1.82, 2.24) is 0 Å². The predicted octanol–water partition coefficient (Wildman–Crippen LogP) is 3.30. The molecule has 2 aromatic rings. The highest BCUT2D eigenvalue weighted by Gasteiger charge is 2.30. The summed E-state index contributed by atoms with van der Waals surface area (Å²) in [5, 5.41) is 0. The number of methoxy groups -OCH3 is 2. The summed E-state index contributed by atoms with van der Waals surface area (Å²) in [5.41, 5.74) is -0.963. The Morgan fingerprint density at radius 3 is 2.15 bits per heavy atom. The molecule has 0 amide bonds. The number of hydrogen-bond acceptors (Lipinski definition) is 5. The molecule has 0 spiro atoms. The Labute approximate surface area is 147 Å².